The van der Waals surface area contributed by atoms with Crippen LogP contribution in [0.4, 0.5) is 5.69 Å². The third-order valence-corrected chi connectivity index (χ3v) is 4.04. The van der Waals surface area contributed by atoms with Crippen LogP contribution in [-0.4, -0.2) is 36.6 Å². The highest BCUT2D eigenvalue weighted by Crippen LogP contribution is 2.30. The zero-order chi connectivity index (χ0) is 12.5. The Hall–Kier alpha value is -1.55. The second-order valence-electron chi connectivity index (χ2n) is 5.17. The quantitative estimate of drug-likeness (QED) is 0.635. The standard InChI is InChI=1S/C14H18N2O2/c15-12-4-2-1-3-11(12)14(17)18-13-9-16-7-5-10(13)6-8-16/h1-4,10,13H,5-9,15H2/t13-/m0/s1. The summed E-state index contributed by atoms with van der Waals surface area (Å²) >= 11 is 0. The van der Waals surface area contributed by atoms with E-state index < -0.39 is 0 Å². The highest BCUT2D eigenvalue weighted by molar-refractivity contribution is 5.95. The van der Waals surface area contributed by atoms with Crippen LogP contribution in [0.15, 0.2) is 24.3 Å². The molecule has 96 valence electrons. The average Bonchev–Trinajstić information content (AvgIpc) is 2.40. The molecule has 0 saturated carbocycles. The highest BCUT2D eigenvalue weighted by atomic mass is 16.5. The van der Waals surface area contributed by atoms with Crippen LogP contribution in [0.1, 0.15) is 23.2 Å². The molecule has 18 heavy (non-hydrogen) atoms. The summed E-state index contributed by atoms with van der Waals surface area (Å²) < 4.78 is 5.63. The number of anilines is 1. The van der Waals surface area contributed by atoms with Gasteiger partial charge in [-0.3, -0.25) is 4.90 Å². The maximum atomic E-state index is 12.1. The van der Waals surface area contributed by atoms with E-state index in [9.17, 15) is 4.79 Å². The minimum absolute atomic E-state index is 0.0413. The second-order valence-corrected chi connectivity index (χ2v) is 5.17. The van der Waals surface area contributed by atoms with Gasteiger partial charge in [0.2, 0.25) is 0 Å². The number of nitrogens with two attached hydrogens (primary N) is 1. The molecule has 0 spiro atoms. The summed E-state index contributed by atoms with van der Waals surface area (Å²) in [5.41, 5.74) is 6.76. The molecule has 4 nitrogen and oxygen atoms in total. The molecular weight excluding hydrogens is 228 g/mol. The van der Waals surface area contributed by atoms with Crippen molar-refractivity contribution < 1.29 is 9.53 Å². The molecule has 0 aromatic heterocycles. The lowest BCUT2D eigenvalue weighted by Gasteiger charge is -2.43. The van der Waals surface area contributed by atoms with Gasteiger partial charge in [0.1, 0.15) is 6.10 Å². The van der Waals surface area contributed by atoms with Crippen molar-refractivity contribution in [2.24, 2.45) is 5.92 Å². The van der Waals surface area contributed by atoms with E-state index in [1.807, 2.05) is 12.1 Å². The van der Waals surface area contributed by atoms with E-state index in [0.717, 1.165) is 32.5 Å². The van der Waals surface area contributed by atoms with Crippen molar-refractivity contribution in [1.29, 1.82) is 0 Å². The summed E-state index contributed by atoms with van der Waals surface area (Å²) in [4.78, 5) is 14.5. The molecule has 1 aromatic rings. The van der Waals surface area contributed by atoms with Crippen molar-refractivity contribution in [3.8, 4) is 0 Å². The summed E-state index contributed by atoms with van der Waals surface area (Å²) in [7, 11) is 0. The van der Waals surface area contributed by atoms with Crippen LogP contribution in [-0.2, 0) is 4.74 Å². The summed E-state index contributed by atoms with van der Waals surface area (Å²) in [5, 5.41) is 0. The molecule has 3 saturated heterocycles. The van der Waals surface area contributed by atoms with Crippen LogP contribution in [0, 0.1) is 5.92 Å². The summed E-state index contributed by atoms with van der Waals surface area (Å²) in [6.45, 7) is 3.17. The molecule has 3 aliphatic heterocycles. The Balaban J connectivity index is 1.70. The summed E-state index contributed by atoms with van der Waals surface area (Å²) in [6.07, 6.45) is 2.32. The van der Waals surface area contributed by atoms with Gasteiger partial charge in [-0.05, 0) is 44.0 Å². The number of piperidine rings is 3. The van der Waals surface area contributed by atoms with Gasteiger partial charge in [-0.25, -0.2) is 4.79 Å². The lowest BCUT2D eigenvalue weighted by Crippen LogP contribution is -2.51. The van der Waals surface area contributed by atoms with Gasteiger partial charge < -0.3 is 10.5 Å². The number of benzene rings is 1. The minimum Gasteiger partial charge on any atom is -0.457 e. The fraction of sp³-hybridized carbons (Fsp3) is 0.500. The van der Waals surface area contributed by atoms with Crippen LogP contribution in [0.2, 0.25) is 0 Å². The molecule has 1 aromatic carbocycles. The number of carbonyl (C=O) groups excluding carboxylic acids is 1. The van der Waals surface area contributed by atoms with Gasteiger partial charge >= 0.3 is 5.97 Å². The number of hydrogen-bond donors (Lipinski definition) is 1. The topological polar surface area (TPSA) is 55.6 Å². The number of carbonyl (C=O) groups is 1. The largest absolute Gasteiger partial charge is 0.457 e. The zero-order valence-corrected chi connectivity index (χ0v) is 10.3. The molecule has 4 heteroatoms. The van der Waals surface area contributed by atoms with E-state index in [4.69, 9.17) is 10.5 Å². The van der Waals surface area contributed by atoms with Gasteiger partial charge in [0.25, 0.3) is 0 Å². The van der Waals surface area contributed by atoms with Crippen LogP contribution in [0.3, 0.4) is 0 Å². The predicted octanol–water partition coefficient (Wildman–Crippen LogP) is 1.52. The number of fused-ring (bicyclic) bond motifs is 3. The van der Waals surface area contributed by atoms with Crippen molar-refractivity contribution in [1.82, 2.24) is 4.90 Å². The molecule has 3 fully saturated rings. The highest BCUT2D eigenvalue weighted by Gasteiger charge is 2.36. The normalized spacial score (nSPS) is 30.1. The molecule has 3 heterocycles. The van der Waals surface area contributed by atoms with E-state index in [0.29, 0.717) is 17.2 Å². The van der Waals surface area contributed by atoms with Gasteiger partial charge in [0.15, 0.2) is 0 Å². The van der Waals surface area contributed by atoms with Gasteiger partial charge in [0.05, 0.1) is 5.56 Å². The first-order valence-corrected chi connectivity index (χ1v) is 6.52. The van der Waals surface area contributed by atoms with Crippen LogP contribution >= 0.6 is 0 Å². The van der Waals surface area contributed by atoms with Crippen LogP contribution < -0.4 is 5.73 Å². The summed E-state index contributed by atoms with van der Waals surface area (Å²) in [5.74, 6) is 0.246. The maximum Gasteiger partial charge on any atom is 0.340 e. The number of para-hydroxylation sites is 1. The van der Waals surface area contributed by atoms with Crippen LogP contribution in [0.25, 0.3) is 0 Å². The maximum absolute atomic E-state index is 12.1. The molecule has 2 bridgehead atoms. The first-order valence-electron chi connectivity index (χ1n) is 6.52. The Kier molecular flexibility index (Phi) is 2.96. The van der Waals surface area contributed by atoms with Gasteiger partial charge in [-0.2, -0.15) is 0 Å². The van der Waals surface area contributed by atoms with Gasteiger partial charge in [0, 0.05) is 12.2 Å². The number of hydrogen-bond acceptors (Lipinski definition) is 4. The number of nitrogens with zero attached hydrogens (tertiary/aromatic N) is 1. The monoisotopic (exact) mass is 246 g/mol. The van der Waals surface area contributed by atoms with E-state index >= 15 is 0 Å². The molecule has 0 amide bonds. The number of esters is 1. The van der Waals surface area contributed by atoms with Crippen molar-refractivity contribution >= 4 is 11.7 Å². The number of ether oxygens (including phenoxy) is 1. The van der Waals surface area contributed by atoms with Crippen molar-refractivity contribution in [3.63, 3.8) is 0 Å². The van der Waals surface area contributed by atoms with E-state index in [-0.39, 0.29) is 12.1 Å². The lowest BCUT2D eigenvalue weighted by atomic mass is 9.86. The first-order chi connectivity index (χ1) is 8.74. The van der Waals surface area contributed by atoms with E-state index in [1.165, 1.54) is 0 Å². The summed E-state index contributed by atoms with van der Waals surface area (Å²) in [6, 6.07) is 7.08. The van der Waals surface area contributed by atoms with Crippen molar-refractivity contribution in [2.45, 2.75) is 18.9 Å². The molecule has 0 aliphatic carbocycles. The number of nitrogen functional groups attached to an aromatic ring is 1. The fourth-order valence-electron chi connectivity index (χ4n) is 2.93. The first kappa shape index (κ1) is 11.5. The molecule has 2 N–H and O–H groups in total. The SMILES string of the molecule is Nc1ccccc1C(=O)O[C@H]1CN2CCC1CC2. The molecule has 4 rings (SSSR count). The zero-order valence-electron chi connectivity index (χ0n) is 10.3. The van der Waals surface area contributed by atoms with Crippen molar-refractivity contribution in [2.75, 3.05) is 25.4 Å². The fourth-order valence-corrected chi connectivity index (χ4v) is 2.93. The smallest absolute Gasteiger partial charge is 0.340 e. The Labute approximate surface area is 107 Å². The van der Waals surface area contributed by atoms with E-state index in [2.05, 4.69) is 4.90 Å². The Bertz CT molecular complexity index is 453. The predicted molar refractivity (Wildman–Crippen MR) is 69.2 cm³/mol. The molecular formula is C14H18N2O2. The third-order valence-electron chi connectivity index (χ3n) is 4.04. The van der Waals surface area contributed by atoms with E-state index in [1.54, 1.807) is 12.1 Å². The number of rotatable bonds is 2. The minimum atomic E-state index is -0.285. The van der Waals surface area contributed by atoms with Crippen molar-refractivity contribution in [3.05, 3.63) is 29.8 Å². The Morgan fingerprint density at radius 1 is 1.28 bits per heavy atom. The lowest BCUT2D eigenvalue weighted by molar-refractivity contribution is -0.0455. The molecule has 0 radical (unpaired) electrons. The molecule has 1 atom stereocenters. The van der Waals surface area contributed by atoms with Gasteiger partial charge in [-0.15, -0.1) is 0 Å². The Morgan fingerprint density at radius 3 is 2.61 bits per heavy atom. The third kappa shape index (κ3) is 2.08. The molecule has 0 unspecified atom stereocenters. The molecule has 3 aliphatic rings. The van der Waals surface area contributed by atoms with Gasteiger partial charge in [-0.1, -0.05) is 12.1 Å². The second kappa shape index (κ2) is 4.61. The Morgan fingerprint density at radius 2 is 2.00 bits per heavy atom. The average molecular weight is 246 g/mol. The van der Waals surface area contributed by atoms with Crippen LogP contribution in [0.5, 0.6) is 0 Å².